The zero-order valence-electron chi connectivity index (χ0n) is 10.3. The molecular formula is C12H12N2O4S2. The van der Waals surface area contributed by atoms with Gasteiger partial charge in [-0.05, 0) is 24.3 Å². The van der Waals surface area contributed by atoms with Crippen LogP contribution in [0.1, 0.15) is 10.4 Å². The smallest absolute Gasteiger partial charge is 0.335 e. The normalized spacial score (nSPS) is 26.9. The second kappa shape index (κ2) is 4.78. The average Bonchev–Trinajstić information content (AvgIpc) is 2.82. The van der Waals surface area contributed by atoms with E-state index in [-0.39, 0.29) is 28.4 Å². The van der Waals surface area contributed by atoms with Gasteiger partial charge in [-0.3, -0.25) is 4.99 Å². The van der Waals surface area contributed by atoms with Gasteiger partial charge in [0.2, 0.25) is 0 Å². The molecule has 0 unspecified atom stereocenters. The number of thioether (sulfide) groups is 1. The van der Waals surface area contributed by atoms with Crippen LogP contribution in [0.4, 0.5) is 5.69 Å². The van der Waals surface area contributed by atoms with E-state index in [2.05, 4.69) is 10.3 Å². The van der Waals surface area contributed by atoms with Crippen molar-refractivity contribution in [2.24, 2.45) is 4.99 Å². The molecule has 0 amide bonds. The molecular weight excluding hydrogens is 300 g/mol. The van der Waals surface area contributed by atoms with Crippen molar-refractivity contribution in [2.75, 3.05) is 16.8 Å². The highest BCUT2D eigenvalue weighted by atomic mass is 32.2. The topological polar surface area (TPSA) is 95.8 Å². The fraction of sp³-hybridized carbons (Fsp3) is 0.333. The second-order valence-corrected chi connectivity index (χ2v) is 8.12. The summed E-state index contributed by atoms with van der Waals surface area (Å²) >= 11 is 1.43. The van der Waals surface area contributed by atoms with E-state index in [0.29, 0.717) is 5.17 Å². The zero-order chi connectivity index (χ0) is 14.3. The molecule has 3 rings (SSSR count). The Labute approximate surface area is 120 Å². The van der Waals surface area contributed by atoms with Gasteiger partial charge in [0.1, 0.15) is 0 Å². The number of amidine groups is 1. The molecule has 1 aromatic rings. The van der Waals surface area contributed by atoms with Crippen molar-refractivity contribution in [3.63, 3.8) is 0 Å². The summed E-state index contributed by atoms with van der Waals surface area (Å²) in [7, 11) is -2.94. The summed E-state index contributed by atoms with van der Waals surface area (Å²) in [5, 5.41) is 12.6. The van der Waals surface area contributed by atoms with Crippen LogP contribution in [0.2, 0.25) is 0 Å². The highest BCUT2D eigenvalue weighted by Crippen LogP contribution is 2.34. The summed E-state index contributed by atoms with van der Waals surface area (Å²) in [5.74, 6) is -0.674. The Morgan fingerprint density at radius 3 is 2.60 bits per heavy atom. The molecule has 0 saturated carbocycles. The molecule has 0 bridgehead atoms. The SMILES string of the molecule is O=C(O)c1ccc(NC2=N[C@H]3CS(=O)(=O)C[C@@H]3S2)cc1. The molecule has 6 nitrogen and oxygen atoms in total. The number of sulfone groups is 1. The molecule has 2 aliphatic heterocycles. The Balaban J connectivity index is 1.69. The van der Waals surface area contributed by atoms with Crippen LogP contribution in [-0.2, 0) is 9.84 Å². The lowest BCUT2D eigenvalue weighted by Crippen LogP contribution is -2.13. The lowest BCUT2D eigenvalue weighted by Gasteiger charge is -2.06. The number of hydrogen-bond acceptors (Lipinski definition) is 6. The Morgan fingerprint density at radius 2 is 2.00 bits per heavy atom. The average molecular weight is 312 g/mol. The first-order chi connectivity index (χ1) is 9.43. The summed E-state index contributed by atoms with van der Waals surface area (Å²) in [5.41, 5.74) is 0.962. The van der Waals surface area contributed by atoms with Gasteiger partial charge in [0.25, 0.3) is 0 Å². The molecule has 0 spiro atoms. The molecule has 2 atom stereocenters. The fourth-order valence-corrected chi connectivity index (χ4v) is 5.91. The van der Waals surface area contributed by atoms with E-state index in [1.807, 2.05) is 0 Å². The molecule has 2 N–H and O–H groups in total. The first-order valence-corrected chi connectivity index (χ1v) is 8.68. The van der Waals surface area contributed by atoms with Crippen LogP contribution >= 0.6 is 11.8 Å². The van der Waals surface area contributed by atoms with E-state index in [4.69, 9.17) is 5.11 Å². The van der Waals surface area contributed by atoms with Gasteiger partial charge in [-0.2, -0.15) is 0 Å². The minimum atomic E-state index is -2.94. The molecule has 0 aliphatic carbocycles. The third-order valence-corrected chi connectivity index (χ3v) is 6.34. The minimum absolute atomic E-state index is 0.000734. The first-order valence-electron chi connectivity index (χ1n) is 5.98. The van der Waals surface area contributed by atoms with Crippen molar-refractivity contribution in [3.05, 3.63) is 29.8 Å². The summed E-state index contributed by atoms with van der Waals surface area (Å²) in [6, 6.07) is 6.19. The zero-order valence-corrected chi connectivity index (χ0v) is 11.9. The number of hydrogen-bond donors (Lipinski definition) is 2. The number of aromatic carboxylic acids is 1. The summed E-state index contributed by atoms with van der Waals surface area (Å²) in [6.07, 6.45) is 0. The molecule has 1 saturated heterocycles. The Bertz CT molecular complexity index is 682. The number of nitrogens with one attached hydrogen (secondary N) is 1. The predicted molar refractivity (Wildman–Crippen MR) is 78.3 cm³/mol. The summed E-state index contributed by atoms with van der Waals surface area (Å²) < 4.78 is 22.9. The van der Waals surface area contributed by atoms with E-state index >= 15 is 0 Å². The number of carbonyl (C=O) groups is 1. The van der Waals surface area contributed by atoms with Crippen molar-refractivity contribution < 1.29 is 18.3 Å². The number of benzene rings is 1. The largest absolute Gasteiger partial charge is 0.478 e. The van der Waals surface area contributed by atoms with E-state index in [0.717, 1.165) is 5.69 Å². The molecule has 1 aromatic carbocycles. The van der Waals surface area contributed by atoms with E-state index in [9.17, 15) is 13.2 Å². The molecule has 2 aliphatic rings. The molecule has 20 heavy (non-hydrogen) atoms. The van der Waals surface area contributed by atoms with Gasteiger partial charge >= 0.3 is 5.97 Å². The standard InChI is InChI=1S/C12H12N2O4S2/c15-11(16)7-1-3-8(4-2-7)13-12-14-9-5-20(17,18)6-10(9)19-12/h1-4,9-10H,5-6H2,(H,13,14)(H,15,16)/t9-,10-/m0/s1. The predicted octanol–water partition coefficient (Wildman–Crippen LogP) is 1.07. The highest BCUT2D eigenvalue weighted by molar-refractivity contribution is 8.15. The van der Waals surface area contributed by atoms with Crippen molar-refractivity contribution in [2.45, 2.75) is 11.3 Å². The van der Waals surface area contributed by atoms with Crippen molar-refractivity contribution in [1.82, 2.24) is 0 Å². The van der Waals surface area contributed by atoms with Gasteiger partial charge in [0.15, 0.2) is 15.0 Å². The van der Waals surface area contributed by atoms with E-state index in [1.165, 1.54) is 23.9 Å². The maximum atomic E-state index is 11.5. The quantitative estimate of drug-likeness (QED) is 0.848. The molecule has 1 fully saturated rings. The molecule has 2 heterocycles. The maximum absolute atomic E-state index is 11.5. The number of rotatable bonds is 2. The van der Waals surface area contributed by atoms with Gasteiger partial charge in [0.05, 0.1) is 23.1 Å². The van der Waals surface area contributed by atoms with Crippen LogP contribution in [0.5, 0.6) is 0 Å². The van der Waals surface area contributed by atoms with E-state index in [1.54, 1.807) is 12.1 Å². The number of fused-ring (bicyclic) bond motifs is 1. The van der Waals surface area contributed by atoms with Gasteiger partial charge in [-0.1, -0.05) is 11.8 Å². The monoisotopic (exact) mass is 312 g/mol. The van der Waals surface area contributed by atoms with Crippen LogP contribution in [0.15, 0.2) is 29.3 Å². The molecule has 0 radical (unpaired) electrons. The Morgan fingerprint density at radius 1 is 1.30 bits per heavy atom. The highest BCUT2D eigenvalue weighted by Gasteiger charge is 2.42. The number of anilines is 1. The third-order valence-electron chi connectivity index (χ3n) is 3.20. The minimum Gasteiger partial charge on any atom is -0.478 e. The molecule has 8 heteroatoms. The summed E-state index contributed by atoms with van der Waals surface area (Å²) in [4.78, 5) is 15.1. The van der Waals surface area contributed by atoms with Crippen molar-refractivity contribution >= 4 is 38.4 Å². The van der Waals surface area contributed by atoms with Crippen LogP contribution in [0.25, 0.3) is 0 Å². The van der Waals surface area contributed by atoms with Crippen LogP contribution in [-0.4, -0.2) is 47.5 Å². The van der Waals surface area contributed by atoms with Crippen molar-refractivity contribution in [1.29, 1.82) is 0 Å². The maximum Gasteiger partial charge on any atom is 0.335 e. The first kappa shape index (κ1) is 13.4. The Hall–Kier alpha value is -1.54. The molecule has 106 valence electrons. The van der Waals surface area contributed by atoms with Crippen LogP contribution < -0.4 is 5.32 Å². The lowest BCUT2D eigenvalue weighted by atomic mass is 10.2. The van der Waals surface area contributed by atoms with Gasteiger partial charge in [-0.25, -0.2) is 13.2 Å². The number of nitrogens with zero attached hydrogens (tertiary/aromatic N) is 1. The number of carboxylic acid groups (broad SMARTS) is 1. The van der Waals surface area contributed by atoms with Crippen LogP contribution in [0.3, 0.4) is 0 Å². The van der Waals surface area contributed by atoms with E-state index < -0.39 is 15.8 Å². The van der Waals surface area contributed by atoms with Gasteiger partial charge < -0.3 is 10.4 Å². The van der Waals surface area contributed by atoms with Crippen LogP contribution in [0, 0.1) is 0 Å². The third kappa shape index (κ3) is 2.66. The lowest BCUT2D eigenvalue weighted by molar-refractivity contribution is 0.0697. The number of aliphatic imine (C=N–C) groups is 1. The number of carboxylic acids is 1. The van der Waals surface area contributed by atoms with Gasteiger partial charge in [-0.15, -0.1) is 0 Å². The Kier molecular flexibility index (Phi) is 3.21. The van der Waals surface area contributed by atoms with Gasteiger partial charge in [0, 0.05) is 10.9 Å². The summed E-state index contributed by atoms with van der Waals surface area (Å²) in [6.45, 7) is 0. The second-order valence-electron chi connectivity index (χ2n) is 4.74. The fourth-order valence-electron chi connectivity index (χ4n) is 2.24. The van der Waals surface area contributed by atoms with Crippen molar-refractivity contribution in [3.8, 4) is 0 Å². The molecule has 0 aromatic heterocycles.